The molecule has 1 aliphatic heterocycles. The molecule has 3 aromatic rings. The molecule has 1 unspecified atom stereocenters. The van der Waals surface area contributed by atoms with Gasteiger partial charge in [0.25, 0.3) is 0 Å². The molecule has 31 heavy (non-hydrogen) atoms. The average molecular weight is 456 g/mol. The fourth-order valence-corrected chi connectivity index (χ4v) is 4.89. The minimum atomic E-state index is 0.346. The summed E-state index contributed by atoms with van der Waals surface area (Å²) in [5.41, 5.74) is 0.800. The number of thiazole rings is 1. The van der Waals surface area contributed by atoms with Crippen molar-refractivity contribution in [1.29, 1.82) is 0 Å². The van der Waals surface area contributed by atoms with E-state index in [0.29, 0.717) is 23.6 Å². The van der Waals surface area contributed by atoms with Crippen LogP contribution in [0.4, 0.5) is 11.8 Å². The monoisotopic (exact) mass is 455 g/mol. The predicted octanol–water partition coefficient (Wildman–Crippen LogP) is 4.48. The molecule has 8 nitrogen and oxygen atoms in total. The summed E-state index contributed by atoms with van der Waals surface area (Å²) in [6.45, 7) is 3.97. The fourth-order valence-electron chi connectivity index (χ4n) is 3.29. The van der Waals surface area contributed by atoms with Crippen LogP contribution in [0, 0.1) is 6.92 Å². The SMILES string of the molecule is Cc1nc(Oc2ccc(NSC3CC3)nc2)c(-c2ccnc(NC3CCCNC3)n2)s1. The van der Waals surface area contributed by atoms with Gasteiger partial charge in [-0.05, 0) is 69.3 Å². The van der Waals surface area contributed by atoms with Gasteiger partial charge in [-0.25, -0.2) is 19.9 Å². The van der Waals surface area contributed by atoms with Crippen molar-refractivity contribution in [1.82, 2.24) is 25.3 Å². The number of rotatable bonds is 8. The van der Waals surface area contributed by atoms with Crippen molar-refractivity contribution in [3.05, 3.63) is 35.6 Å². The van der Waals surface area contributed by atoms with E-state index >= 15 is 0 Å². The molecular formula is C21H25N7OS2. The molecule has 0 spiro atoms. The number of piperidine rings is 1. The van der Waals surface area contributed by atoms with Gasteiger partial charge in [-0.1, -0.05) is 0 Å². The molecule has 2 aliphatic rings. The van der Waals surface area contributed by atoms with Gasteiger partial charge in [0.2, 0.25) is 11.8 Å². The Balaban J connectivity index is 1.30. The van der Waals surface area contributed by atoms with Crippen molar-refractivity contribution in [3.8, 4) is 22.2 Å². The Bertz CT molecular complexity index is 1020. The molecule has 1 saturated carbocycles. The van der Waals surface area contributed by atoms with Gasteiger partial charge < -0.3 is 20.1 Å². The van der Waals surface area contributed by atoms with E-state index in [9.17, 15) is 0 Å². The smallest absolute Gasteiger partial charge is 0.240 e. The number of hydrogen-bond donors (Lipinski definition) is 3. The molecule has 1 saturated heterocycles. The molecule has 0 amide bonds. The molecule has 10 heteroatoms. The van der Waals surface area contributed by atoms with Crippen LogP contribution in [0.1, 0.15) is 30.7 Å². The van der Waals surface area contributed by atoms with E-state index in [-0.39, 0.29) is 0 Å². The first-order chi connectivity index (χ1) is 15.2. The van der Waals surface area contributed by atoms with Gasteiger partial charge in [0.1, 0.15) is 16.4 Å². The van der Waals surface area contributed by atoms with Crippen molar-refractivity contribution in [2.75, 3.05) is 23.1 Å². The van der Waals surface area contributed by atoms with E-state index in [1.54, 1.807) is 35.7 Å². The van der Waals surface area contributed by atoms with Crippen molar-refractivity contribution < 1.29 is 4.74 Å². The summed E-state index contributed by atoms with van der Waals surface area (Å²) >= 11 is 3.29. The first kappa shape index (κ1) is 20.5. The molecule has 4 heterocycles. The standard InChI is InChI=1S/C21H25N7OS2/c1-13-25-20(29-15-4-7-18(24-12-15)28-31-16-5-6-16)19(30-13)17-8-10-23-21(27-17)26-14-3-2-9-22-11-14/h4,7-8,10,12,14,16,22H,2-3,5-6,9,11H2,1H3,(H,24,28)(H,23,26,27). The number of nitrogens with one attached hydrogen (secondary N) is 3. The van der Waals surface area contributed by atoms with Crippen LogP contribution in [0.25, 0.3) is 10.6 Å². The first-order valence-corrected chi connectivity index (χ1v) is 12.3. The zero-order chi connectivity index (χ0) is 21.0. The summed E-state index contributed by atoms with van der Waals surface area (Å²) < 4.78 is 9.37. The topological polar surface area (TPSA) is 96.9 Å². The summed E-state index contributed by atoms with van der Waals surface area (Å²) in [7, 11) is 0. The maximum absolute atomic E-state index is 6.08. The molecule has 162 valence electrons. The fraction of sp³-hybridized carbons (Fsp3) is 0.429. The minimum Gasteiger partial charge on any atom is -0.436 e. The van der Waals surface area contributed by atoms with Crippen molar-refractivity contribution in [2.24, 2.45) is 0 Å². The van der Waals surface area contributed by atoms with Crippen LogP contribution in [0.5, 0.6) is 11.6 Å². The highest BCUT2D eigenvalue weighted by atomic mass is 32.2. The molecule has 0 radical (unpaired) electrons. The summed E-state index contributed by atoms with van der Waals surface area (Å²) in [6, 6.07) is 6.07. The van der Waals surface area contributed by atoms with Gasteiger partial charge in [0.05, 0.1) is 16.9 Å². The Morgan fingerprint density at radius 3 is 2.87 bits per heavy atom. The van der Waals surface area contributed by atoms with E-state index in [1.165, 1.54) is 12.8 Å². The van der Waals surface area contributed by atoms with E-state index in [1.807, 2.05) is 25.1 Å². The van der Waals surface area contributed by atoms with Gasteiger partial charge in [0, 0.05) is 24.0 Å². The third-order valence-corrected chi connectivity index (χ3v) is 7.13. The lowest BCUT2D eigenvalue weighted by Crippen LogP contribution is -2.38. The van der Waals surface area contributed by atoms with Crippen LogP contribution in [-0.2, 0) is 0 Å². The van der Waals surface area contributed by atoms with Crippen molar-refractivity contribution in [3.63, 3.8) is 0 Å². The zero-order valence-electron chi connectivity index (χ0n) is 17.3. The molecule has 1 atom stereocenters. The highest BCUT2D eigenvalue weighted by Gasteiger charge is 2.22. The summed E-state index contributed by atoms with van der Waals surface area (Å²) in [6.07, 6.45) is 8.33. The largest absolute Gasteiger partial charge is 0.436 e. The number of ether oxygens (including phenoxy) is 1. The van der Waals surface area contributed by atoms with Gasteiger partial charge in [0.15, 0.2) is 0 Å². The third kappa shape index (κ3) is 5.44. The Kier molecular flexibility index (Phi) is 6.19. The van der Waals surface area contributed by atoms with Crippen LogP contribution in [-0.4, -0.2) is 44.3 Å². The normalized spacial score (nSPS) is 18.5. The Morgan fingerprint density at radius 2 is 2.10 bits per heavy atom. The molecular weight excluding hydrogens is 430 g/mol. The summed E-state index contributed by atoms with van der Waals surface area (Å²) in [5.74, 6) is 2.66. The molecule has 2 fully saturated rings. The number of aryl methyl sites for hydroxylation is 1. The lowest BCUT2D eigenvalue weighted by atomic mass is 10.1. The van der Waals surface area contributed by atoms with Crippen molar-refractivity contribution in [2.45, 2.75) is 43.9 Å². The predicted molar refractivity (Wildman–Crippen MR) is 126 cm³/mol. The third-order valence-electron chi connectivity index (χ3n) is 5.03. The van der Waals surface area contributed by atoms with E-state index < -0.39 is 0 Å². The summed E-state index contributed by atoms with van der Waals surface area (Å²) in [5, 5.41) is 8.48. The average Bonchev–Trinajstić information content (AvgIpc) is 3.55. The molecule has 3 aromatic heterocycles. The van der Waals surface area contributed by atoms with Crippen LogP contribution in [0.2, 0.25) is 0 Å². The van der Waals surface area contributed by atoms with E-state index in [0.717, 1.165) is 52.6 Å². The number of hydrogen-bond acceptors (Lipinski definition) is 10. The maximum Gasteiger partial charge on any atom is 0.240 e. The number of nitrogens with zero attached hydrogens (tertiary/aromatic N) is 4. The lowest BCUT2D eigenvalue weighted by molar-refractivity contribution is 0.465. The van der Waals surface area contributed by atoms with E-state index in [2.05, 4.69) is 30.3 Å². The molecule has 0 bridgehead atoms. The van der Waals surface area contributed by atoms with Crippen LogP contribution in [0.15, 0.2) is 30.6 Å². The van der Waals surface area contributed by atoms with Crippen molar-refractivity contribution >= 4 is 35.1 Å². The number of pyridine rings is 1. The van der Waals surface area contributed by atoms with Crippen LogP contribution < -0.4 is 20.1 Å². The van der Waals surface area contributed by atoms with Gasteiger partial charge in [-0.15, -0.1) is 11.3 Å². The first-order valence-electron chi connectivity index (χ1n) is 10.6. The van der Waals surface area contributed by atoms with Crippen LogP contribution in [0.3, 0.4) is 0 Å². The zero-order valence-corrected chi connectivity index (χ0v) is 18.9. The second-order valence-corrected chi connectivity index (χ2v) is 10.0. The lowest BCUT2D eigenvalue weighted by Gasteiger charge is -2.23. The number of aromatic nitrogens is 4. The van der Waals surface area contributed by atoms with Gasteiger partial charge in [-0.3, -0.25) is 0 Å². The molecule has 0 aromatic carbocycles. The summed E-state index contributed by atoms with van der Waals surface area (Å²) in [4.78, 5) is 19.0. The Hall–Kier alpha value is -2.43. The van der Waals surface area contributed by atoms with E-state index in [4.69, 9.17) is 9.72 Å². The second-order valence-electron chi connectivity index (χ2n) is 7.72. The minimum absolute atomic E-state index is 0.346. The highest BCUT2D eigenvalue weighted by molar-refractivity contribution is 8.01. The quantitative estimate of drug-likeness (QED) is 0.425. The molecule has 5 rings (SSSR count). The highest BCUT2D eigenvalue weighted by Crippen LogP contribution is 2.37. The number of anilines is 2. The Labute approximate surface area is 189 Å². The molecule has 3 N–H and O–H groups in total. The van der Waals surface area contributed by atoms with Crippen LogP contribution >= 0.6 is 23.3 Å². The van der Waals surface area contributed by atoms with Gasteiger partial charge >= 0.3 is 0 Å². The maximum atomic E-state index is 6.08. The molecule has 1 aliphatic carbocycles. The second kappa shape index (κ2) is 9.37. The Morgan fingerprint density at radius 1 is 1.16 bits per heavy atom. The van der Waals surface area contributed by atoms with Gasteiger partial charge in [-0.2, -0.15) is 0 Å².